The first-order valence-corrected chi connectivity index (χ1v) is 6.87. The summed E-state index contributed by atoms with van der Waals surface area (Å²) in [6, 6.07) is 9.69. The van der Waals surface area contributed by atoms with Crippen LogP contribution in [0, 0.1) is 22.7 Å². The smallest absolute Gasteiger partial charge is 0.207 e. The Bertz CT molecular complexity index is 596. The van der Waals surface area contributed by atoms with E-state index >= 15 is 0 Å². The highest BCUT2D eigenvalue weighted by Crippen LogP contribution is 2.16. The molecule has 0 aliphatic rings. The van der Waals surface area contributed by atoms with Crippen LogP contribution in [-0.2, 0) is 10.0 Å². The molecule has 0 bridgehead atoms. The molecule has 94 valence electrons. The Morgan fingerprint density at radius 1 is 1.33 bits per heavy atom. The Balaban J connectivity index is 3.12. The molecular formula is C12H13N3O2S. The molecule has 0 aliphatic carbocycles. The molecule has 0 radical (unpaired) electrons. The van der Waals surface area contributed by atoms with E-state index in [4.69, 9.17) is 10.5 Å². The zero-order valence-corrected chi connectivity index (χ0v) is 10.8. The van der Waals surface area contributed by atoms with Gasteiger partial charge in [-0.25, -0.2) is 8.42 Å². The van der Waals surface area contributed by atoms with E-state index in [0.29, 0.717) is 12.1 Å². The number of hydrogen-bond acceptors (Lipinski definition) is 4. The van der Waals surface area contributed by atoms with Gasteiger partial charge in [0.2, 0.25) is 10.0 Å². The van der Waals surface area contributed by atoms with Crippen LogP contribution < -0.4 is 0 Å². The second-order valence-corrected chi connectivity index (χ2v) is 5.48. The van der Waals surface area contributed by atoms with Gasteiger partial charge in [0.15, 0.2) is 0 Å². The van der Waals surface area contributed by atoms with Gasteiger partial charge in [-0.2, -0.15) is 14.8 Å². The van der Waals surface area contributed by atoms with Crippen molar-refractivity contribution in [2.24, 2.45) is 0 Å². The third-order valence-corrected chi connectivity index (χ3v) is 4.40. The van der Waals surface area contributed by atoms with Crippen LogP contribution in [0.1, 0.15) is 18.9 Å². The second kappa shape index (κ2) is 6.15. The molecule has 0 N–H and O–H groups in total. The highest BCUT2D eigenvalue weighted by atomic mass is 32.2. The van der Waals surface area contributed by atoms with Gasteiger partial charge in [-0.05, 0) is 18.2 Å². The Morgan fingerprint density at radius 3 is 2.61 bits per heavy atom. The summed E-state index contributed by atoms with van der Waals surface area (Å²) in [4.78, 5) is 0.0846. The maximum atomic E-state index is 12.2. The van der Waals surface area contributed by atoms with Crippen molar-refractivity contribution in [2.75, 3.05) is 13.1 Å². The van der Waals surface area contributed by atoms with Crippen molar-refractivity contribution in [3.8, 4) is 12.1 Å². The molecule has 0 saturated heterocycles. The summed E-state index contributed by atoms with van der Waals surface area (Å²) in [5.41, 5.74) is 0.299. The van der Waals surface area contributed by atoms with E-state index in [1.807, 2.05) is 12.1 Å². The molecule has 1 aromatic rings. The number of nitrogens with zero attached hydrogens (tertiary/aromatic N) is 3. The number of benzene rings is 1. The zero-order chi connectivity index (χ0) is 13.6. The van der Waals surface area contributed by atoms with E-state index in [2.05, 4.69) is 0 Å². The van der Waals surface area contributed by atoms with Crippen molar-refractivity contribution in [3.63, 3.8) is 0 Å². The predicted molar refractivity (Wildman–Crippen MR) is 65.8 cm³/mol. The van der Waals surface area contributed by atoms with E-state index in [9.17, 15) is 8.42 Å². The van der Waals surface area contributed by atoms with Gasteiger partial charge in [0.25, 0.3) is 0 Å². The van der Waals surface area contributed by atoms with Gasteiger partial charge in [-0.1, -0.05) is 13.0 Å². The molecule has 0 heterocycles. The summed E-state index contributed by atoms with van der Waals surface area (Å²) in [7, 11) is -3.62. The minimum absolute atomic E-state index is 0.0846. The van der Waals surface area contributed by atoms with Crippen molar-refractivity contribution in [1.29, 1.82) is 10.5 Å². The molecule has 0 aromatic heterocycles. The summed E-state index contributed by atoms with van der Waals surface area (Å²) in [5, 5.41) is 17.3. The Kier molecular flexibility index (Phi) is 4.85. The molecule has 0 atom stereocenters. The molecule has 6 heteroatoms. The quantitative estimate of drug-likeness (QED) is 0.805. The highest BCUT2D eigenvalue weighted by molar-refractivity contribution is 7.89. The van der Waals surface area contributed by atoms with Crippen molar-refractivity contribution < 1.29 is 8.42 Å². The topological polar surface area (TPSA) is 85.0 Å². The first-order valence-electron chi connectivity index (χ1n) is 5.43. The standard InChI is InChI=1S/C12H13N3O2S/c1-2-15(8-4-7-13)18(16,17)12-6-3-5-11(9-12)10-14/h3,5-6,9H,2,4,8H2,1H3. The third-order valence-electron chi connectivity index (χ3n) is 2.43. The molecule has 18 heavy (non-hydrogen) atoms. The largest absolute Gasteiger partial charge is 0.243 e. The average Bonchev–Trinajstić information content (AvgIpc) is 2.39. The molecule has 0 unspecified atom stereocenters. The average molecular weight is 263 g/mol. The van der Waals surface area contributed by atoms with Crippen molar-refractivity contribution in [3.05, 3.63) is 29.8 Å². The van der Waals surface area contributed by atoms with Crippen molar-refractivity contribution >= 4 is 10.0 Å². The lowest BCUT2D eigenvalue weighted by Crippen LogP contribution is -2.31. The fourth-order valence-corrected chi connectivity index (χ4v) is 2.99. The maximum Gasteiger partial charge on any atom is 0.243 e. The van der Waals surface area contributed by atoms with Crippen molar-refractivity contribution in [1.82, 2.24) is 4.31 Å². The lowest BCUT2D eigenvalue weighted by molar-refractivity contribution is 0.435. The monoisotopic (exact) mass is 263 g/mol. The van der Waals surface area contributed by atoms with Crippen molar-refractivity contribution in [2.45, 2.75) is 18.2 Å². The van der Waals surface area contributed by atoms with E-state index < -0.39 is 10.0 Å². The van der Waals surface area contributed by atoms with Crippen LogP contribution in [0.5, 0.6) is 0 Å². The molecule has 0 aliphatic heterocycles. The van der Waals surface area contributed by atoms with Gasteiger partial charge in [0.05, 0.1) is 22.6 Å². The van der Waals surface area contributed by atoms with Crippen LogP contribution in [-0.4, -0.2) is 25.8 Å². The van der Waals surface area contributed by atoms with E-state index in [-0.39, 0.29) is 17.9 Å². The minimum atomic E-state index is -3.62. The maximum absolute atomic E-state index is 12.2. The molecule has 1 rings (SSSR count). The van der Waals surface area contributed by atoms with Crippen LogP contribution in [0.4, 0.5) is 0 Å². The Hall–Kier alpha value is -1.89. The van der Waals surface area contributed by atoms with E-state index in [1.165, 1.54) is 22.5 Å². The zero-order valence-electron chi connectivity index (χ0n) is 10.00. The fraction of sp³-hybridized carbons (Fsp3) is 0.333. The molecule has 1 aromatic carbocycles. The van der Waals surface area contributed by atoms with Crippen LogP contribution >= 0.6 is 0 Å². The number of rotatable bonds is 5. The van der Waals surface area contributed by atoms with Gasteiger partial charge in [0.1, 0.15) is 0 Å². The molecular weight excluding hydrogens is 250 g/mol. The third kappa shape index (κ3) is 3.07. The van der Waals surface area contributed by atoms with E-state index in [1.54, 1.807) is 13.0 Å². The molecule has 5 nitrogen and oxygen atoms in total. The summed E-state index contributed by atoms with van der Waals surface area (Å²) < 4.78 is 25.7. The summed E-state index contributed by atoms with van der Waals surface area (Å²) >= 11 is 0. The predicted octanol–water partition coefficient (Wildman–Crippen LogP) is 1.48. The van der Waals surface area contributed by atoms with Crippen LogP contribution in [0.2, 0.25) is 0 Å². The number of hydrogen-bond donors (Lipinski definition) is 0. The minimum Gasteiger partial charge on any atom is -0.207 e. The van der Waals surface area contributed by atoms with Gasteiger partial charge in [0, 0.05) is 19.5 Å². The summed E-state index contributed by atoms with van der Waals surface area (Å²) in [6.45, 7) is 2.16. The summed E-state index contributed by atoms with van der Waals surface area (Å²) in [6.07, 6.45) is 0.144. The lowest BCUT2D eigenvalue weighted by atomic mass is 10.2. The Labute approximate surface area is 107 Å². The number of sulfonamides is 1. The molecule has 0 saturated carbocycles. The lowest BCUT2D eigenvalue weighted by Gasteiger charge is -2.19. The summed E-state index contributed by atoms with van der Waals surface area (Å²) in [5.74, 6) is 0. The second-order valence-electron chi connectivity index (χ2n) is 3.54. The van der Waals surface area contributed by atoms with Gasteiger partial charge >= 0.3 is 0 Å². The van der Waals surface area contributed by atoms with Crippen LogP contribution in [0.25, 0.3) is 0 Å². The van der Waals surface area contributed by atoms with Gasteiger partial charge < -0.3 is 0 Å². The Morgan fingerprint density at radius 2 is 2.06 bits per heavy atom. The van der Waals surface area contributed by atoms with Crippen LogP contribution in [0.15, 0.2) is 29.2 Å². The first-order chi connectivity index (χ1) is 8.56. The SMILES string of the molecule is CCN(CCC#N)S(=O)(=O)c1cccc(C#N)c1. The number of nitriles is 2. The van der Waals surface area contributed by atoms with Gasteiger partial charge in [-0.3, -0.25) is 0 Å². The fourth-order valence-electron chi connectivity index (χ4n) is 1.50. The first kappa shape index (κ1) is 14.2. The highest BCUT2D eigenvalue weighted by Gasteiger charge is 2.22. The van der Waals surface area contributed by atoms with Gasteiger partial charge in [-0.15, -0.1) is 0 Å². The molecule has 0 fully saturated rings. The molecule has 0 amide bonds. The van der Waals surface area contributed by atoms with Crippen LogP contribution in [0.3, 0.4) is 0 Å². The van der Waals surface area contributed by atoms with E-state index in [0.717, 1.165) is 0 Å². The molecule has 0 spiro atoms. The normalized spacial score (nSPS) is 10.9.